The van der Waals surface area contributed by atoms with Crippen molar-refractivity contribution in [3.8, 4) is 0 Å². The number of likely N-dealkylation sites (tertiary alicyclic amines) is 1. The van der Waals surface area contributed by atoms with Crippen molar-refractivity contribution in [2.24, 2.45) is 0 Å². The van der Waals surface area contributed by atoms with Gasteiger partial charge in [0.1, 0.15) is 0 Å². The molecular weight excluding hydrogens is 356 g/mol. The minimum Gasteiger partial charge on any atom is -0.338 e. The molecule has 0 saturated carbocycles. The van der Waals surface area contributed by atoms with Gasteiger partial charge in [0, 0.05) is 17.6 Å². The van der Waals surface area contributed by atoms with Crippen molar-refractivity contribution in [1.82, 2.24) is 9.80 Å². The first-order valence-corrected chi connectivity index (χ1v) is 8.33. The Hall–Kier alpha value is -1.34. The fourth-order valence-electron chi connectivity index (χ4n) is 2.43. The molecule has 2 aliphatic rings. The second-order valence-corrected chi connectivity index (χ2v) is 6.92. The number of imide groups is 1. The van der Waals surface area contributed by atoms with Crippen molar-refractivity contribution >= 4 is 44.7 Å². The number of rotatable bonds is 3. The van der Waals surface area contributed by atoms with Crippen molar-refractivity contribution in [2.45, 2.75) is 12.5 Å². The molecule has 0 bridgehead atoms. The Morgan fingerprint density at radius 2 is 1.90 bits per heavy atom. The van der Waals surface area contributed by atoms with Gasteiger partial charge in [0.05, 0.1) is 18.2 Å². The number of benzene rings is 1. The first-order chi connectivity index (χ1) is 10.0. The van der Waals surface area contributed by atoms with E-state index in [4.69, 9.17) is 0 Å². The summed E-state index contributed by atoms with van der Waals surface area (Å²) in [7, 11) is 0. The van der Waals surface area contributed by atoms with E-state index >= 15 is 0 Å². The van der Waals surface area contributed by atoms with Crippen LogP contribution in [0, 0.1) is 0 Å². The summed E-state index contributed by atoms with van der Waals surface area (Å²) in [4.78, 5) is 38.3. The molecule has 2 aliphatic heterocycles. The lowest BCUT2D eigenvalue weighted by Crippen LogP contribution is -2.62. The van der Waals surface area contributed by atoms with Crippen LogP contribution >= 0.6 is 27.7 Å². The van der Waals surface area contributed by atoms with Gasteiger partial charge in [0.15, 0.2) is 0 Å². The SMILES string of the molecule is O=C(Cc1ccc(Br)cc1)N1CC(N2C(=O)CSC2=O)C1. The summed E-state index contributed by atoms with van der Waals surface area (Å²) >= 11 is 4.39. The van der Waals surface area contributed by atoms with E-state index in [9.17, 15) is 14.4 Å². The topological polar surface area (TPSA) is 57.7 Å². The largest absolute Gasteiger partial charge is 0.338 e. The molecule has 2 fully saturated rings. The molecule has 2 heterocycles. The zero-order chi connectivity index (χ0) is 15.0. The number of halogens is 1. The lowest BCUT2D eigenvalue weighted by molar-refractivity contribution is -0.141. The smallest absolute Gasteiger partial charge is 0.289 e. The molecular formula is C14H13BrN2O3S. The third-order valence-electron chi connectivity index (χ3n) is 3.63. The molecule has 0 aliphatic carbocycles. The molecule has 0 spiro atoms. The number of hydrogen-bond donors (Lipinski definition) is 0. The van der Waals surface area contributed by atoms with Gasteiger partial charge in [0.2, 0.25) is 11.8 Å². The maximum absolute atomic E-state index is 12.1. The van der Waals surface area contributed by atoms with Gasteiger partial charge in [0.25, 0.3) is 5.24 Å². The van der Waals surface area contributed by atoms with Crippen molar-refractivity contribution in [1.29, 1.82) is 0 Å². The molecule has 7 heteroatoms. The second-order valence-electron chi connectivity index (χ2n) is 5.07. The fraction of sp³-hybridized carbons (Fsp3) is 0.357. The van der Waals surface area contributed by atoms with E-state index in [1.807, 2.05) is 24.3 Å². The Kier molecular flexibility index (Phi) is 4.03. The van der Waals surface area contributed by atoms with Gasteiger partial charge in [-0.05, 0) is 17.7 Å². The molecule has 0 radical (unpaired) electrons. The summed E-state index contributed by atoms with van der Waals surface area (Å²) in [6, 6.07) is 7.47. The van der Waals surface area contributed by atoms with E-state index in [-0.39, 0.29) is 28.8 Å². The Bertz CT molecular complexity index is 583. The lowest BCUT2D eigenvalue weighted by Gasteiger charge is -2.42. The van der Waals surface area contributed by atoms with Crippen LogP contribution in [-0.4, -0.2) is 51.7 Å². The highest BCUT2D eigenvalue weighted by molar-refractivity contribution is 9.10. The average molecular weight is 369 g/mol. The Balaban J connectivity index is 1.54. The summed E-state index contributed by atoms with van der Waals surface area (Å²) < 4.78 is 0.978. The highest BCUT2D eigenvalue weighted by atomic mass is 79.9. The van der Waals surface area contributed by atoms with E-state index < -0.39 is 0 Å². The van der Waals surface area contributed by atoms with Gasteiger partial charge in [-0.2, -0.15) is 0 Å². The van der Waals surface area contributed by atoms with Gasteiger partial charge in [-0.3, -0.25) is 19.3 Å². The fourth-order valence-corrected chi connectivity index (χ4v) is 3.47. The predicted molar refractivity (Wildman–Crippen MR) is 82.9 cm³/mol. The molecule has 1 aromatic carbocycles. The van der Waals surface area contributed by atoms with Gasteiger partial charge in [-0.15, -0.1) is 0 Å². The molecule has 5 nitrogen and oxygen atoms in total. The Morgan fingerprint density at radius 3 is 2.48 bits per heavy atom. The summed E-state index contributed by atoms with van der Waals surface area (Å²) in [6.07, 6.45) is 0.344. The van der Waals surface area contributed by atoms with E-state index in [1.54, 1.807) is 4.90 Å². The van der Waals surface area contributed by atoms with E-state index in [0.717, 1.165) is 21.8 Å². The van der Waals surface area contributed by atoms with Crippen molar-refractivity contribution < 1.29 is 14.4 Å². The molecule has 3 rings (SSSR count). The minimum atomic E-state index is -0.190. The number of carbonyl (C=O) groups excluding carboxylic acids is 3. The Morgan fingerprint density at radius 1 is 1.24 bits per heavy atom. The van der Waals surface area contributed by atoms with Crippen LogP contribution in [0.15, 0.2) is 28.7 Å². The van der Waals surface area contributed by atoms with E-state index in [2.05, 4.69) is 15.9 Å². The first-order valence-electron chi connectivity index (χ1n) is 6.55. The number of thioether (sulfide) groups is 1. The van der Waals surface area contributed by atoms with Gasteiger partial charge < -0.3 is 4.90 Å². The third kappa shape index (κ3) is 2.98. The normalized spacial score (nSPS) is 19.1. The van der Waals surface area contributed by atoms with Crippen molar-refractivity contribution in [3.63, 3.8) is 0 Å². The minimum absolute atomic E-state index is 0.0281. The second kappa shape index (κ2) is 5.81. The maximum atomic E-state index is 12.1. The monoisotopic (exact) mass is 368 g/mol. The van der Waals surface area contributed by atoms with Crippen LogP contribution < -0.4 is 0 Å². The Labute approximate surface area is 134 Å². The van der Waals surface area contributed by atoms with Crippen LogP contribution in [0.3, 0.4) is 0 Å². The van der Waals surface area contributed by atoms with E-state index in [1.165, 1.54) is 4.90 Å². The number of nitrogens with zero attached hydrogens (tertiary/aromatic N) is 2. The molecule has 0 aromatic heterocycles. The summed E-state index contributed by atoms with van der Waals surface area (Å²) in [5.74, 6) is 0.109. The number of hydrogen-bond acceptors (Lipinski definition) is 4. The number of carbonyl (C=O) groups is 3. The zero-order valence-corrected chi connectivity index (χ0v) is 13.5. The molecule has 21 heavy (non-hydrogen) atoms. The summed E-state index contributed by atoms with van der Waals surface area (Å²) in [5, 5.41) is -0.190. The maximum Gasteiger partial charge on any atom is 0.289 e. The van der Waals surface area contributed by atoms with Crippen LogP contribution in [-0.2, 0) is 16.0 Å². The van der Waals surface area contributed by atoms with Crippen LogP contribution in [0.2, 0.25) is 0 Å². The van der Waals surface area contributed by atoms with Gasteiger partial charge in [-0.1, -0.05) is 39.8 Å². The van der Waals surface area contributed by atoms with Crippen LogP contribution in [0.4, 0.5) is 4.79 Å². The zero-order valence-electron chi connectivity index (χ0n) is 11.1. The predicted octanol–water partition coefficient (Wildman–Crippen LogP) is 1.90. The molecule has 2 saturated heterocycles. The highest BCUT2D eigenvalue weighted by Crippen LogP contribution is 2.26. The van der Waals surface area contributed by atoms with Gasteiger partial charge >= 0.3 is 0 Å². The molecule has 0 N–H and O–H groups in total. The third-order valence-corrected chi connectivity index (χ3v) is 5.00. The first kappa shape index (κ1) is 14.6. The molecule has 0 atom stereocenters. The van der Waals surface area contributed by atoms with Crippen LogP contribution in [0.5, 0.6) is 0 Å². The van der Waals surface area contributed by atoms with Crippen LogP contribution in [0.25, 0.3) is 0 Å². The summed E-state index contributed by atoms with van der Waals surface area (Å²) in [5.41, 5.74) is 0.954. The molecule has 110 valence electrons. The van der Waals surface area contributed by atoms with Crippen molar-refractivity contribution in [2.75, 3.05) is 18.8 Å². The van der Waals surface area contributed by atoms with Gasteiger partial charge in [-0.25, -0.2) is 0 Å². The number of amides is 3. The molecule has 0 unspecified atom stereocenters. The van der Waals surface area contributed by atoms with E-state index in [0.29, 0.717) is 19.5 Å². The quantitative estimate of drug-likeness (QED) is 0.817. The lowest BCUT2D eigenvalue weighted by atomic mass is 10.0. The molecule has 1 aromatic rings. The standard InChI is InChI=1S/C14H13BrN2O3S/c15-10-3-1-9(2-4-10)5-12(18)16-6-11(7-16)17-13(19)8-21-14(17)20/h1-4,11H,5-8H2. The summed E-state index contributed by atoms with van der Waals surface area (Å²) in [6.45, 7) is 0.904. The highest BCUT2D eigenvalue weighted by Gasteiger charge is 2.43. The van der Waals surface area contributed by atoms with Crippen LogP contribution in [0.1, 0.15) is 5.56 Å². The average Bonchev–Trinajstić information content (AvgIpc) is 2.72. The van der Waals surface area contributed by atoms with Crippen molar-refractivity contribution in [3.05, 3.63) is 34.3 Å². The molecule has 3 amide bonds.